The maximum Gasteiger partial charge on any atom is 0.228 e. The Balaban J connectivity index is 1.21. The first-order chi connectivity index (χ1) is 17.1. The Labute approximate surface area is 201 Å². The monoisotopic (exact) mass is 472 g/mol. The van der Waals surface area contributed by atoms with Crippen LogP contribution in [0.2, 0.25) is 0 Å². The lowest BCUT2D eigenvalue weighted by Crippen LogP contribution is -2.39. The number of rotatable bonds is 8. The van der Waals surface area contributed by atoms with Gasteiger partial charge in [-0.25, -0.2) is 9.97 Å². The molecule has 2 N–H and O–H groups in total. The lowest BCUT2D eigenvalue weighted by atomic mass is 9.96. The molecule has 5 rings (SSSR count). The first-order valence-corrected chi connectivity index (χ1v) is 11.5. The second kappa shape index (κ2) is 9.92. The third-order valence-corrected chi connectivity index (χ3v) is 5.92. The summed E-state index contributed by atoms with van der Waals surface area (Å²) in [6.45, 7) is 0.0912. The summed E-state index contributed by atoms with van der Waals surface area (Å²) in [4.78, 5) is 45.7. The lowest BCUT2D eigenvalue weighted by Gasteiger charge is -2.24. The number of amides is 2. The van der Waals surface area contributed by atoms with Crippen molar-refractivity contribution in [1.82, 2.24) is 15.3 Å². The number of aromatic nitrogens is 2. The van der Waals surface area contributed by atoms with Gasteiger partial charge in [-0.2, -0.15) is 0 Å². The predicted octanol–water partition coefficient (Wildman–Crippen LogP) is 3.17. The summed E-state index contributed by atoms with van der Waals surface area (Å²) in [5.74, 6) is 0.659. The van der Waals surface area contributed by atoms with Crippen molar-refractivity contribution in [3.63, 3.8) is 0 Å². The number of Topliss-reactive ketones (excluding diaryl/α,β-unsaturated/α-hetero) is 1. The number of carbonyl (C=O) groups is 3. The van der Waals surface area contributed by atoms with Gasteiger partial charge in [0.15, 0.2) is 5.78 Å². The van der Waals surface area contributed by atoms with Crippen LogP contribution in [0.25, 0.3) is 0 Å². The van der Waals surface area contributed by atoms with E-state index < -0.39 is 0 Å². The number of hydrogen-bond acceptors (Lipinski definition) is 7. The number of ether oxygens (including phenoxy) is 2. The van der Waals surface area contributed by atoms with Crippen LogP contribution >= 0.6 is 0 Å². The molecule has 0 radical (unpaired) electrons. The zero-order valence-electron chi connectivity index (χ0n) is 18.9. The molecule has 1 aromatic heterocycles. The van der Waals surface area contributed by atoms with E-state index in [0.29, 0.717) is 23.6 Å². The van der Waals surface area contributed by atoms with Crippen LogP contribution in [0.1, 0.15) is 28.8 Å². The fraction of sp³-hybridized carbons (Fsp3) is 0.269. The van der Waals surface area contributed by atoms with Crippen molar-refractivity contribution in [3.8, 4) is 17.4 Å². The second-order valence-electron chi connectivity index (χ2n) is 8.56. The Hall–Kier alpha value is -4.27. The van der Waals surface area contributed by atoms with Crippen molar-refractivity contribution in [1.29, 1.82) is 0 Å². The van der Waals surface area contributed by atoms with Crippen LogP contribution in [0.15, 0.2) is 60.9 Å². The minimum Gasteiger partial charge on any atom is -0.492 e. The van der Waals surface area contributed by atoms with Gasteiger partial charge in [0.1, 0.15) is 30.3 Å². The van der Waals surface area contributed by atoms with Crippen molar-refractivity contribution in [2.75, 3.05) is 18.5 Å². The number of nitrogens with one attached hydrogen (secondary N) is 2. The van der Waals surface area contributed by atoms with Gasteiger partial charge in [-0.15, -0.1) is 0 Å². The molecule has 1 fully saturated rings. The predicted molar refractivity (Wildman–Crippen MR) is 126 cm³/mol. The smallest absolute Gasteiger partial charge is 0.228 e. The van der Waals surface area contributed by atoms with Gasteiger partial charge in [-0.3, -0.25) is 14.4 Å². The molecule has 1 atom stereocenters. The Morgan fingerprint density at radius 2 is 1.77 bits per heavy atom. The molecule has 1 aliphatic heterocycles. The molecule has 1 unspecified atom stereocenters. The number of nitrogens with zero attached hydrogens (tertiary/aromatic N) is 2. The third kappa shape index (κ3) is 5.46. The van der Waals surface area contributed by atoms with E-state index in [1.54, 1.807) is 24.3 Å². The molecule has 0 spiro atoms. The summed E-state index contributed by atoms with van der Waals surface area (Å²) in [5, 5.41) is 5.47. The molecule has 1 saturated carbocycles. The number of anilines is 1. The number of carbonyl (C=O) groups excluding carboxylic acids is 3. The van der Waals surface area contributed by atoms with Crippen molar-refractivity contribution in [2.45, 2.75) is 19.3 Å². The van der Waals surface area contributed by atoms with E-state index in [4.69, 9.17) is 9.47 Å². The normalized spacial score (nSPS) is 16.4. The maximum absolute atomic E-state index is 12.9. The minimum absolute atomic E-state index is 0.0396. The molecule has 9 nitrogen and oxygen atoms in total. The molecular formula is C26H24N4O5. The minimum atomic E-state index is -0.366. The van der Waals surface area contributed by atoms with Gasteiger partial charge in [0.25, 0.3) is 0 Å². The molecule has 2 amide bonds. The molecular weight excluding hydrogens is 448 g/mol. The van der Waals surface area contributed by atoms with Crippen LogP contribution < -0.4 is 20.1 Å². The van der Waals surface area contributed by atoms with Gasteiger partial charge in [0.2, 0.25) is 17.7 Å². The van der Waals surface area contributed by atoms with Gasteiger partial charge in [-0.05, 0) is 43.0 Å². The summed E-state index contributed by atoms with van der Waals surface area (Å²) in [7, 11) is 0. The van der Waals surface area contributed by atoms with Crippen LogP contribution in [0.4, 0.5) is 5.82 Å². The fourth-order valence-corrected chi connectivity index (χ4v) is 3.84. The standard InChI is InChI=1S/C26H24N4O5/c31-20(13-27-25(32)18-11-17-5-1-3-7-21(17)34-14-18)19-6-2-4-8-22(19)35-24-12-23(28-15-29-24)30-26(33)16-9-10-16/h1-8,12,15-16,18H,9-11,13-14H2,(H,27,32)(H,28,29,30,33). The van der Waals surface area contributed by atoms with Gasteiger partial charge in [0.05, 0.1) is 18.0 Å². The summed E-state index contributed by atoms with van der Waals surface area (Å²) in [5.41, 5.74) is 1.28. The van der Waals surface area contributed by atoms with Gasteiger partial charge in [-0.1, -0.05) is 30.3 Å². The van der Waals surface area contributed by atoms with Crippen LogP contribution in [0, 0.1) is 11.8 Å². The van der Waals surface area contributed by atoms with Crippen LogP contribution in [0.3, 0.4) is 0 Å². The van der Waals surface area contributed by atoms with Crippen molar-refractivity contribution in [3.05, 3.63) is 72.1 Å². The average molecular weight is 473 g/mol. The molecule has 9 heteroatoms. The summed E-state index contributed by atoms with van der Waals surface area (Å²) in [6, 6.07) is 15.8. The number of fused-ring (bicyclic) bond motifs is 1. The van der Waals surface area contributed by atoms with Gasteiger partial charge in [0, 0.05) is 12.0 Å². The zero-order chi connectivity index (χ0) is 24.2. The molecule has 35 heavy (non-hydrogen) atoms. The first kappa shape index (κ1) is 22.5. The van der Waals surface area contributed by atoms with E-state index >= 15 is 0 Å². The van der Waals surface area contributed by atoms with E-state index in [1.165, 1.54) is 12.4 Å². The van der Waals surface area contributed by atoms with Crippen molar-refractivity contribution < 1.29 is 23.9 Å². The third-order valence-electron chi connectivity index (χ3n) is 5.92. The largest absolute Gasteiger partial charge is 0.492 e. The fourth-order valence-electron chi connectivity index (χ4n) is 3.84. The quantitative estimate of drug-likeness (QED) is 0.483. The van der Waals surface area contributed by atoms with E-state index in [0.717, 1.165) is 24.2 Å². The highest BCUT2D eigenvalue weighted by Gasteiger charge is 2.30. The SMILES string of the molecule is O=C(CNC(=O)C1COc2ccccc2C1)c1ccccc1Oc1cc(NC(=O)C2CC2)ncn1. The molecule has 0 saturated heterocycles. The van der Waals surface area contributed by atoms with E-state index in [2.05, 4.69) is 20.6 Å². The Bertz CT molecular complexity index is 1270. The topological polar surface area (TPSA) is 120 Å². The summed E-state index contributed by atoms with van der Waals surface area (Å²) < 4.78 is 11.5. The highest BCUT2D eigenvalue weighted by atomic mass is 16.5. The van der Waals surface area contributed by atoms with Crippen LogP contribution in [-0.2, 0) is 16.0 Å². The molecule has 178 valence electrons. The van der Waals surface area contributed by atoms with Crippen molar-refractivity contribution in [2.24, 2.45) is 11.8 Å². The molecule has 3 aromatic rings. The van der Waals surface area contributed by atoms with E-state index in [1.807, 2.05) is 24.3 Å². The van der Waals surface area contributed by atoms with Gasteiger partial charge < -0.3 is 20.1 Å². The van der Waals surface area contributed by atoms with E-state index in [-0.39, 0.29) is 48.5 Å². The second-order valence-corrected chi connectivity index (χ2v) is 8.56. The number of ketones is 1. The number of benzene rings is 2. The van der Waals surface area contributed by atoms with Crippen molar-refractivity contribution >= 4 is 23.4 Å². The average Bonchev–Trinajstić information content (AvgIpc) is 3.73. The summed E-state index contributed by atoms with van der Waals surface area (Å²) in [6.07, 6.45) is 3.61. The Morgan fingerprint density at radius 1 is 0.971 bits per heavy atom. The summed E-state index contributed by atoms with van der Waals surface area (Å²) >= 11 is 0. The Kier molecular flexibility index (Phi) is 6.38. The maximum atomic E-state index is 12.9. The lowest BCUT2D eigenvalue weighted by molar-refractivity contribution is -0.126. The van der Waals surface area contributed by atoms with Crippen LogP contribution in [0.5, 0.6) is 17.4 Å². The molecule has 2 heterocycles. The van der Waals surface area contributed by atoms with Crippen LogP contribution in [-0.4, -0.2) is 40.7 Å². The highest BCUT2D eigenvalue weighted by Crippen LogP contribution is 2.31. The van der Waals surface area contributed by atoms with E-state index in [9.17, 15) is 14.4 Å². The Morgan fingerprint density at radius 3 is 2.63 bits per heavy atom. The zero-order valence-corrected chi connectivity index (χ0v) is 18.9. The van der Waals surface area contributed by atoms with Gasteiger partial charge >= 0.3 is 0 Å². The number of hydrogen-bond donors (Lipinski definition) is 2. The highest BCUT2D eigenvalue weighted by molar-refractivity contribution is 6.01. The molecule has 2 aromatic carbocycles. The first-order valence-electron chi connectivity index (χ1n) is 11.5. The number of para-hydroxylation sites is 2. The molecule has 1 aliphatic carbocycles. The molecule has 2 aliphatic rings. The molecule has 0 bridgehead atoms.